The van der Waals surface area contributed by atoms with Gasteiger partial charge in [-0.15, -0.1) is 0 Å². The van der Waals surface area contributed by atoms with Gasteiger partial charge in [-0.2, -0.15) is 0 Å². The summed E-state index contributed by atoms with van der Waals surface area (Å²) in [5, 5.41) is 2.59. The molecule has 1 aliphatic heterocycles. The first-order valence-corrected chi connectivity index (χ1v) is 14.8. The summed E-state index contributed by atoms with van der Waals surface area (Å²) in [4.78, 5) is 23.8. The molecule has 0 spiro atoms. The highest BCUT2D eigenvalue weighted by Gasteiger charge is 2.33. The highest BCUT2D eigenvalue weighted by atomic mass is 19.1. The largest absolute Gasteiger partial charge is 0.493 e. The first-order chi connectivity index (χ1) is 18.8. The van der Waals surface area contributed by atoms with E-state index in [0.717, 1.165) is 76.0 Å². The minimum absolute atomic E-state index is 0.109. The van der Waals surface area contributed by atoms with Crippen LogP contribution in [0.3, 0.4) is 0 Å². The zero-order chi connectivity index (χ0) is 27.8. The molecule has 39 heavy (non-hydrogen) atoms. The van der Waals surface area contributed by atoms with Gasteiger partial charge in [0.15, 0.2) is 5.82 Å². The third-order valence-corrected chi connectivity index (χ3v) is 8.42. The van der Waals surface area contributed by atoms with Gasteiger partial charge in [0.25, 0.3) is 0 Å². The minimum atomic E-state index is -0.595. The highest BCUT2D eigenvalue weighted by molar-refractivity contribution is 5.85. The molecule has 8 heteroatoms. The van der Waals surface area contributed by atoms with Gasteiger partial charge >= 0.3 is 6.09 Å². The number of hydrogen-bond acceptors (Lipinski definition) is 6. The molecule has 1 aromatic heterocycles. The number of anilines is 2. The number of hydrogen-bond donors (Lipinski definition) is 1. The van der Waals surface area contributed by atoms with Crippen LogP contribution in [-0.2, 0) is 11.2 Å². The smallest absolute Gasteiger partial charge is 0.411 e. The Bertz CT molecular complexity index is 1060. The number of aryl methyl sites for hydroxylation is 1. The van der Waals surface area contributed by atoms with E-state index >= 15 is 0 Å². The number of rotatable bonds is 10. The number of nitrogens with zero attached hydrogens (tertiary/aromatic N) is 3. The number of carbonyl (C=O) groups is 1. The van der Waals surface area contributed by atoms with Gasteiger partial charge in [-0.05, 0) is 86.3 Å². The third-order valence-electron chi connectivity index (χ3n) is 8.42. The highest BCUT2D eigenvalue weighted by Crippen LogP contribution is 2.35. The number of carbonyl (C=O) groups excluding carboxylic acids is 1. The lowest BCUT2D eigenvalue weighted by Gasteiger charge is -2.36. The quantitative estimate of drug-likeness (QED) is 0.320. The number of piperidine rings is 1. The molecule has 3 atom stereocenters. The first-order valence-electron chi connectivity index (χ1n) is 14.8. The molecule has 1 saturated heterocycles. The molecule has 1 amide bonds. The van der Waals surface area contributed by atoms with E-state index in [1.165, 1.54) is 6.07 Å². The second-order valence-electron chi connectivity index (χ2n) is 11.7. The van der Waals surface area contributed by atoms with E-state index in [1.54, 1.807) is 12.1 Å². The zero-order valence-corrected chi connectivity index (χ0v) is 24.0. The Balaban J connectivity index is 1.16. The SMILES string of the molecule is CCc1cnc(N2CCC(CCCOc3ccc(NC(=O)OC4C[C@@H](C)CCC4C(C)C)c(F)c3)CC2)nc1. The van der Waals surface area contributed by atoms with Gasteiger partial charge in [-0.3, -0.25) is 5.32 Å². The van der Waals surface area contributed by atoms with Crippen molar-refractivity contribution in [2.24, 2.45) is 23.7 Å². The van der Waals surface area contributed by atoms with Gasteiger partial charge in [0.2, 0.25) is 5.95 Å². The van der Waals surface area contributed by atoms with Crippen molar-refractivity contribution in [2.45, 2.75) is 85.2 Å². The number of benzene rings is 1. The van der Waals surface area contributed by atoms with Crippen molar-refractivity contribution in [1.29, 1.82) is 0 Å². The van der Waals surface area contributed by atoms with Crippen molar-refractivity contribution in [3.63, 3.8) is 0 Å². The predicted molar refractivity (Wildman–Crippen MR) is 153 cm³/mol. The Labute approximate surface area is 232 Å². The van der Waals surface area contributed by atoms with E-state index in [4.69, 9.17) is 9.47 Å². The number of amides is 1. The summed E-state index contributed by atoms with van der Waals surface area (Å²) in [5.41, 5.74) is 1.27. The average Bonchev–Trinajstić information content (AvgIpc) is 2.93. The number of halogens is 1. The Kier molecular flexibility index (Phi) is 10.4. The van der Waals surface area contributed by atoms with Crippen molar-refractivity contribution in [3.8, 4) is 5.75 Å². The summed E-state index contributed by atoms with van der Waals surface area (Å²) in [6.07, 6.45) is 11.3. The molecule has 2 fully saturated rings. The molecule has 0 radical (unpaired) electrons. The fourth-order valence-corrected chi connectivity index (χ4v) is 5.89. The van der Waals surface area contributed by atoms with Crippen molar-refractivity contribution < 1.29 is 18.7 Å². The van der Waals surface area contributed by atoms with Gasteiger partial charge in [0, 0.05) is 31.5 Å². The van der Waals surface area contributed by atoms with Crippen LogP contribution in [0, 0.1) is 29.5 Å². The molecular formula is C31H45FN4O3. The monoisotopic (exact) mass is 540 g/mol. The fourth-order valence-electron chi connectivity index (χ4n) is 5.89. The maximum Gasteiger partial charge on any atom is 0.411 e. The maximum atomic E-state index is 14.7. The van der Waals surface area contributed by atoms with Crippen LogP contribution in [0.5, 0.6) is 5.75 Å². The molecule has 2 unspecified atom stereocenters. The van der Waals surface area contributed by atoms with Crippen LogP contribution >= 0.6 is 0 Å². The van der Waals surface area contributed by atoms with Crippen molar-refractivity contribution in [3.05, 3.63) is 42.0 Å². The molecule has 0 bridgehead atoms. The fraction of sp³-hybridized carbons (Fsp3) is 0.645. The van der Waals surface area contributed by atoms with Crippen molar-refractivity contribution in [2.75, 3.05) is 29.9 Å². The van der Waals surface area contributed by atoms with Crippen LogP contribution in [0.25, 0.3) is 0 Å². The minimum Gasteiger partial charge on any atom is -0.493 e. The lowest BCUT2D eigenvalue weighted by atomic mass is 9.75. The number of nitrogens with one attached hydrogen (secondary N) is 1. The van der Waals surface area contributed by atoms with Crippen LogP contribution in [0.2, 0.25) is 0 Å². The molecule has 4 rings (SSSR count). The summed E-state index contributed by atoms with van der Waals surface area (Å²) in [6.45, 7) is 11.1. The summed E-state index contributed by atoms with van der Waals surface area (Å²) >= 11 is 0. The summed E-state index contributed by atoms with van der Waals surface area (Å²) < 4.78 is 26.3. The van der Waals surface area contributed by atoms with E-state index in [9.17, 15) is 9.18 Å². The first kappa shape index (κ1) is 29.1. The molecule has 1 aromatic carbocycles. The molecule has 2 heterocycles. The van der Waals surface area contributed by atoms with Gasteiger partial charge in [0.1, 0.15) is 11.9 Å². The average molecular weight is 541 g/mol. The third kappa shape index (κ3) is 8.29. The summed E-state index contributed by atoms with van der Waals surface area (Å²) in [6, 6.07) is 4.57. The topological polar surface area (TPSA) is 76.6 Å². The normalized spacial score (nSPS) is 22.1. The number of aromatic nitrogens is 2. The Morgan fingerprint density at radius 3 is 2.56 bits per heavy atom. The van der Waals surface area contributed by atoms with Crippen LogP contribution in [0.1, 0.15) is 78.2 Å². The molecule has 214 valence electrons. The zero-order valence-electron chi connectivity index (χ0n) is 24.0. The van der Waals surface area contributed by atoms with E-state index in [2.05, 4.69) is 47.9 Å². The molecule has 2 aliphatic rings. The van der Waals surface area contributed by atoms with Crippen molar-refractivity contribution >= 4 is 17.7 Å². The van der Waals surface area contributed by atoms with E-state index in [1.807, 2.05) is 12.4 Å². The number of ether oxygens (including phenoxy) is 2. The van der Waals surface area contributed by atoms with Crippen molar-refractivity contribution in [1.82, 2.24) is 9.97 Å². The Hall–Kier alpha value is -2.90. The summed E-state index contributed by atoms with van der Waals surface area (Å²) in [5.74, 6) is 2.72. The molecule has 1 N–H and O–H groups in total. The van der Waals surface area contributed by atoms with Gasteiger partial charge in [0.05, 0.1) is 12.3 Å². The molecule has 1 saturated carbocycles. The second kappa shape index (κ2) is 13.9. The molecule has 1 aliphatic carbocycles. The second-order valence-corrected chi connectivity index (χ2v) is 11.7. The van der Waals surface area contributed by atoms with E-state index < -0.39 is 11.9 Å². The van der Waals surface area contributed by atoms with Crippen LogP contribution in [0.15, 0.2) is 30.6 Å². The molecule has 7 nitrogen and oxygen atoms in total. The standard InChI is InChI=1S/C31H45FN4O3/c1-5-23-19-33-30(34-20-23)36-14-12-24(13-15-36)7-6-16-38-25-9-11-28(27(32)18-25)35-31(37)39-29-17-22(4)8-10-26(29)21(2)3/h9,11,18-22,24,26,29H,5-8,10,12-17H2,1-4H3,(H,35,37)/t22-,26?,29?/m0/s1. The lowest BCUT2D eigenvalue weighted by Crippen LogP contribution is -2.37. The predicted octanol–water partition coefficient (Wildman–Crippen LogP) is 7.26. The summed E-state index contributed by atoms with van der Waals surface area (Å²) in [7, 11) is 0. The molecular weight excluding hydrogens is 495 g/mol. The lowest BCUT2D eigenvalue weighted by molar-refractivity contribution is 0.0126. The van der Waals surface area contributed by atoms with Gasteiger partial charge in [-0.25, -0.2) is 19.2 Å². The van der Waals surface area contributed by atoms with Crippen LogP contribution in [-0.4, -0.2) is 41.9 Å². The van der Waals surface area contributed by atoms with Gasteiger partial charge in [-0.1, -0.05) is 34.1 Å². The molecule has 2 aromatic rings. The Morgan fingerprint density at radius 1 is 1.15 bits per heavy atom. The maximum absolute atomic E-state index is 14.7. The van der Waals surface area contributed by atoms with E-state index in [-0.39, 0.29) is 11.8 Å². The van der Waals surface area contributed by atoms with E-state index in [0.29, 0.717) is 36.0 Å². The Morgan fingerprint density at radius 2 is 1.90 bits per heavy atom. The van der Waals surface area contributed by atoms with Crippen LogP contribution in [0.4, 0.5) is 20.8 Å². The van der Waals surface area contributed by atoms with Crippen LogP contribution < -0.4 is 15.0 Å². The van der Waals surface area contributed by atoms with Gasteiger partial charge < -0.3 is 14.4 Å².